The molecule has 0 aliphatic carbocycles. The molecule has 0 unspecified atom stereocenters. The van der Waals surface area contributed by atoms with Crippen LogP contribution in [0.25, 0.3) is 11.5 Å². The summed E-state index contributed by atoms with van der Waals surface area (Å²) in [6.45, 7) is 3.40. The van der Waals surface area contributed by atoms with Crippen LogP contribution in [0.15, 0.2) is 41.1 Å². The third kappa shape index (κ3) is 5.28. The van der Waals surface area contributed by atoms with Gasteiger partial charge in [-0.15, -0.1) is 0 Å². The molecule has 2 heterocycles. The maximum absolute atomic E-state index is 12.8. The second kappa shape index (κ2) is 9.90. The van der Waals surface area contributed by atoms with E-state index in [1.807, 2.05) is 0 Å². The highest BCUT2D eigenvalue weighted by Gasteiger charge is 2.25. The highest BCUT2D eigenvalue weighted by molar-refractivity contribution is 6.30. The smallest absolute Gasteiger partial charge is 0.493 e. The van der Waals surface area contributed by atoms with E-state index in [0.29, 0.717) is 10.6 Å². The Morgan fingerprint density at radius 2 is 1.97 bits per heavy atom. The van der Waals surface area contributed by atoms with Gasteiger partial charge in [-0.1, -0.05) is 16.8 Å². The first-order chi connectivity index (χ1) is 14.9. The molecule has 0 aliphatic rings. The summed E-state index contributed by atoms with van der Waals surface area (Å²) in [5.41, 5.74) is 0.516. The van der Waals surface area contributed by atoms with Crippen LogP contribution >= 0.6 is 11.6 Å². The number of aromatic nitrogens is 3. The Balaban J connectivity index is 1.78. The molecule has 0 fully saturated rings. The number of carbonyl (C=O) groups excluding carboxylic acids is 2. The van der Waals surface area contributed by atoms with Gasteiger partial charge in [0.15, 0.2) is 17.3 Å². The number of rotatable bonds is 7. The number of hydrogen-bond acceptors (Lipinski definition) is 9. The van der Waals surface area contributed by atoms with Crippen LogP contribution in [-0.4, -0.2) is 40.9 Å². The molecule has 10 nitrogen and oxygen atoms in total. The van der Waals surface area contributed by atoms with Gasteiger partial charge in [-0.25, -0.2) is 9.78 Å². The predicted molar refractivity (Wildman–Crippen MR) is 109 cm³/mol. The number of methoxy groups -OCH3 is 1. The Kier molecular flexibility index (Phi) is 7.03. The summed E-state index contributed by atoms with van der Waals surface area (Å²) in [7, 11) is 1.37. The van der Waals surface area contributed by atoms with Crippen LogP contribution in [0.2, 0.25) is 5.02 Å². The van der Waals surface area contributed by atoms with Gasteiger partial charge in [-0.05, 0) is 38.1 Å². The second-order valence-electron chi connectivity index (χ2n) is 6.14. The molecular formula is C20H19ClN4O6. The van der Waals surface area contributed by atoms with E-state index in [4.69, 9.17) is 30.3 Å². The van der Waals surface area contributed by atoms with Crippen molar-refractivity contribution in [1.82, 2.24) is 20.4 Å². The van der Waals surface area contributed by atoms with Crippen molar-refractivity contribution in [3.8, 4) is 23.0 Å². The van der Waals surface area contributed by atoms with Crippen molar-refractivity contribution < 1.29 is 28.3 Å². The molecule has 0 saturated heterocycles. The maximum Gasteiger partial charge on any atom is 0.514 e. The Labute approximate surface area is 182 Å². The molecule has 0 radical (unpaired) electrons. The summed E-state index contributed by atoms with van der Waals surface area (Å²) in [5.74, 6) is -0.134. The number of halogens is 1. The monoisotopic (exact) mass is 446 g/mol. The maximum atomic E-state index is 12.8. The Morgan fingerprint density at radius 3 is 2.65 bits per heavy atom. The molecular weight excluding hydrogens is 428 g/mol. The number of pyridine rings is 1. The van der Waals surface area contributed by atoms with Crippen molar-refractivity contribution in [2.45, 2.75) is 19.9 Å². The van der Waals surface area contributed by atoms with Crippen LogP contribution in [0, 0.1) is 0 Å². The van der Waals surface area contributed by atoms with Gasteiger partial charge in [0.05, 0.1) is 19.8 Å². The summed E-state index contributed by atoms with van der Waals surface area (Å²) >= 11 is 5.89. The minimum Gasteiger partial charge on any atom is -0.493 e. The van der Waals surface area contributed by atoms with Crippen molar-refractivity contribution in [2.24, 2.45) is 0 Å². The van der Waals surface area contributed by atoms with Gasteiger partial charge in [0.1, 0.15) is 0 Å². The molecule has 2 aromatic heterocycles. The van der Waals surface area contributed by atoms with Crippen LogP contribution in [0.3, 0.4) is 0 Å². The van der Waals surface area contributed by atoms with Crippen LogP contribution in [0.4, 0.5) is 4.79 Å². The number of amides is 1. The molecule has 0 spiro atoms. The minimum atomic E-state index is -0.985. The van der Waals surface area contributed by atoms with Crippen LogP contribution in [0.5, 0.6) is 11.5 Å². The number of benzene rings is 1. The van der Waals surface area contributed by atoms with Gasteiger partial charge in [-0.3, -0.25) is 4.79 Å². The average molecular weight is 447 g/mol. The quantitative estimate of drug-likeness (QED) is 0.539. The van der Waals surface area contributed by atoms with Gasteiger partial charge in [0.2, 0.25) is 5.75 Å². The van der Waals surface area contributed by atoms with E-state index in [2.05, 4.69) is 20.4 Å². The fraction of sp³-hybridized carbons (Fsp3) is 0.250. The van der Waals surface area contributed by atoms with Gasteiger partial charge in [-0.2, -0.15) is 4.98 Å². The van der Waals surface area contributed by atoms with Crippen LogP contribution < -0.4 is 14.8 Å². The molecule has 162 valence electrons. The summed E-state index contributed by atoms with van der Waals surface area (Å²) in [6.07, 6.45) is 0.366. The van der Waals surface area contributed by atoms with Crippen molar-refractivity contribution >= 4 is 23.7 Å². The van der Waals surface area contributed by atoms with E-state index >= 15 is 0 Å². The Morgan fingerprint density at radius 1 is 1.23 bits per heavy atom. The first-order valence-corrected chi connectivity index (χ1v) is 9.58. The van der Waals surface area contributed by atoms with Crippen LogP contribution in [-0.2, 0) is 4.74 Å². The molecule has 0 saturated carbocycles. The lowest BCUT2D eigenvalue weighted by Crippen LogP contribution is -2.29. The van der Waals surface area contributed by atoms with Gasteiger partial charge >= 0.3 is 6.16 Å². The minimum absolute atomic E-state index is 0.105. The van der Waals surface area contributed by atoms with Crippen molar-refractivity contribution in [3.63, 3.8) is 0 Å². The summed E-state index contributed by atoms with van der Waals surface area (Å²) in [4.78, 5) is 32.9. The topological polar surface area (TPSA) is 126 Å². The average Bonchev–Trinajstić information content (AvgIpc) is 3.25. The molecule has 31 heavy (non-hydrogen) atoms. The summed E-state index contributed by atoms with van der Waals surface area (Å²) in [5, 5.41) is 7.17. The first kappa shape index (κ1) is 22.0. The lowest BCUT2D eigenvalue weighted by molar-refractivity contribution is 0.0914. The summed E-state index contributed by atoms with van der Waals surface area (Å²) in [6, 6.07) is 7.69. The first-order valence-electron chi connectivity index (χ1n) is 9.21. The predicted octanol–water partition coefficient (Wildman–Crippen LogP) is 3.82. The zero-order chi connectivity index (χ0) is 22.4. The SMILES string of the molecule is CCOC(=O)Oc1c(OC)ccnc1C(=O)N[C@@H](C)c1noc(-c2ccc(Cl)cc2)n1. The second-order valence-corrected chi connectivity index (χ2v) is 6.57. The molecule has 1 atom stereocenters. The number of carbonyl (C=O) groups is 2. The van der Waals surface area contributed by atoms with Gasteiger partial charge in [0, 0.05) is 22.8 Å². The van der Waals surface area contributed by atoms with Crippen molar-refractivity contribution in [1.29, 1.82) is 0 Å². The Hall–Kier alpha value is -3.66. The largest absolute Gasteiger partial charge is 0.514 e. The third-order valence-corrected chi connectivity index (χ3v) is 4.27. The number of nitrogens with one attached hydrogen (secondary N) is 1. The molecule has 3 aromatic rings. The highest BCUT2D eigenvalue weighted by Crippen LogP contribution is 2.30. The van der Waals surface area contributed by atoms with E-state index in [1.165, 1.54) is 19.4 Å². The van der Waals surface area contributed by atoms with Gasteiger partial charge < -0.3 is 24.1 Å². The highest BCUT2D eigenvalue weighted by atomic mass is 35.5. The van der Waals surface area contributed by atoms with Crippen molar-refractivity contribution in [3.05, 3.63) is 53.1 Å². The molecule has 0 bridgehead atoms. The van der Waals surface area contributed by atoms with Crippen molar-refractivity contribution in [2.75, 3.05) is 13.7 Å². The van der Waals surface area contributed by atoms with E-state index in [0.717, 1.165) is 0 Å². The molecule has 0 aliphatic heterocycles. The lowest BCUT2D eigenvalue weighted by atomic mass is 10.2. The van der Waals surface area contributed by atoms with E-state index < -0.39 is 18.1 Å². The molecule has 1 N–H and O–H groups in total. The zero-order valence-electron chi connectivity index (χ0n) is 16.9. The molecule has 3 rings (SSSR count). The Bertz CT molecular complexity index is 1070. The zero-order valence-corrected chi connectivity index (χ0v) is 17.7. The molecule has 11 heteroatoms. The fourth-order valence-corrected chi connectivity index (χ4v) is 2.66. The normalized spacial score (nSPS) is 11.5. The fourth-order valence-electron chi connectivity index (χ4n) is 2.53. The standard InChI is InChI=1S/C20H19ClN4O6/c1-4-29-20(27)30-16-14(28-3)9-10-22-15(16)18(26)23-11(2)17-24-19(31-25-17)12-5-7-13(21)8-6-12/h5-11H,4H2,1-3H3,(H,23,26)/t11-/m0/s1. The van der Waals surface area contributed by atoms with E-state index in [-0.39, 0.29) is 35.5 Å². The number of ether oxygens (including phenoxy) is 3. The van der Waals surface area contributed by atoms with E-state index in [9.17, 15) is 9.59 Å². The van der Waals surface area contributed by atoms with Crippen LogP contribution in [0.1, 0.15) is 36.2 Å². The van der Waals surface area contributed by atoms with E-state index in [1.54, 1.807) is 38.1 Å². The lowest BCUT2D eigenvalue weighted by Gasteiger charge is -2.14. The molecule has 1 aromatic carbocycles. The van der Waals surface area contributed by atoms with Gasteiger partial charge in [0.25, 0.3) is 11.8 Å². The number of nitrogens with zero attached hydrogens (tertiary/aromatic N) is 3. The molecule has 1 amide bonds. The number of hydrogen-bond donors (Lipinski definition) is 1. The third-order valence-electron chi connectivity index (χ3n) is 4.02. The summed E-state index contributed by atoms with van der Waals surface area (Å²) < 4.78 is 20.3.